The second kappa shape index (κ2) is 5.74. The van der Waals surface area contributed by atoms with Crippen molar-refractivity contribution >= 4 is 38.2 Å². The first-order chi connectivity index (χ1) is 10.2. The van der Waals surface area contributed by atoms with Gasteiger partial charge in [-0.05, 0) is 35.9 Å². The largest absolute Gasteiger partial charge is 0.396 e. The minimum Gasteiger partial charge on any atom is -0.396 e. The summed E-state index contributed by atoms with van der Waals surface area (Å²) in [5, 5.41) is 0.994. The van der Waals surface area contributed by atoms with Crippen molar-refractivity contribution in [3.63, 3.8) is 0 Å². The molecule has 0 saturated heterocycles. The van der Waals surface area contributed by atoms with Gasteiger partial charge in [0.05, 0.1) is 16.9 Å². The predicted octanol–water partition coefficient (Wildman–Crippen LogP) is 4.22. The number of benzene rings is 2. The molecule has 0 aliphatic heterocycles. The third-order valence-electron chi connectivity index (χ3n) is 3.58. The van der Waals surface area contributed by atoms with Crippen molar-refractivity contribution in [3.8, 4) is 0 Å². The minimum atomic E-state index is 0.773. The number of hydrogen-bond acceptors (Lipinski definition) is 3. The van der Waals surface area contributed by atoms with Gasteiger partial charge in [0.1, 0.15) is 0 Å². The van der Waals surface area contributed by atoms with Gasteiger partial charge in [0.15, 0.2) is 0 Å². The van der Waals surface area contributed by atoms with Crippen LogP contribution in [0.15, 0.2) is 59.2 Å². The molecule has 1 heterocycles. The van der Waals surface area contributed by atoms with E-state index in [1.165, 1.54) is 5.56 Å². The highest BCUT2D eigenvalue weighted by molar-refractivity contribution is 9.10. The van der Waals surface area contributed by atoms with Gasteiger partial charge in [-0.25, -0.2) is 0 Å². The number of anilines is 2. The van der Waals surface area contributed by atoms with E-state index in [4.69, 9.17) is 5.73 Å². The number of nitrogen functional groups attached to an aromatic ring is 1. The molecule has 0 spiro atoms. The van der Waals surface area contributed by atoms with Gasteiger partial charge in [-0.1, -0.05) is 34.1 Å². The second-order valence-corrected chi connectivity index (χ2v) is 5.87. The fourth-order valence-electron chi connectivity index (χ4n) is 2.46. The zero-order chi connectivity index (χ0) is 14.8. The van der Waals surface area contributed by atoms with E-state index in [1.807, 2.05) is 43.4 Å². The Morgan fingerprint density at radius 3 is 2.71 bits per heavy atom. The number of hydrogen-bond donors (Lipinski definition) is 1. The molecule has 21 heavy (non-hydrogen) atoms. The highest BCUT2D eigenvalue weighted by Gasteiger charge is 2.10. The first-order valence-electron chi connectivity index (χ1n) is 6.74. The van der Waals surface area contributed by atoms with Crippen LogP contribution in [0.4, 0.5) is 11.4 Å². The highest BCUT2D eigenvalue weighted by atomic mass is 79.9. The zero-order valence-corrected chi connectivity index (χ0v) is 13.3. The Morgan fingerprint density at radius 2 is 1.90 bits per heavy atom. The van der Waals surface area contributed by atoms with E-state index in [1.54, 1.807) is 6.20 Å². The van der Waals surface area contributed by atoms with E-state index in [0.717, 1.165) is 33.3 Å². The molecule has 0 radical (unpaired) electrons. The van der Waals surface area contributed by atoms with Gasteiger partial charge < -0.3 is 10.6 Å². The van der Waals surface area contributed by atoms with Crippen molar-refractivity contribution in [3.05, 3.63) is 64.8 Å². The summed E-state index contributed by atoms with van der Waals surface area (Å²) in [4.78, 5) is 6.49. The van der Waals surface area contributed by atoms with Crippen LogP contribution in [-0.4, -0.2) is 12.0 Å². The van der Waals surface area contributed by atoms with E-state index in [-0.39, 0.29) is 0 Å². The van der Waals surface area contributed by atoms with Crippen molar-refractivity contribution < 1.29 is 0 Å². The van der Waals surface area contributed by atoms with Crippen LogP contribution in [0.1, 0.15) is 5.56 Å². The number of aromatic nitrogens is 1. The molecule has 0 saturated carbocycles. The normalized spacial score (nSPS) is 10.8. The summed E-state index contributed by atoms with van der Waals surface area (Å²) in [6, 6.07) is 16.2. The Kier molecular flexibility index (Phi) is 3.80. The SMILES string of the molecule is CN(Cc1ccccc1Br)c1ccc2ncccc2c1N. The molecule has 0 bridgehead atoms. The maximum atomic E-state index is 6.32. The van der Waals surface area contributed by atoms with Crippen molar-refractivity contribution in [2.24, 2.45) is 0 Å². The molecule has 3 aromatic rings. The molecule has 2 N–H and O–H groups in total. The Morgan fingerprint density at radius 1 is 1.10 bits per heavy atom. The molecule has 0 aliphatic carbocycles. The summed E-state index contributed by atoms with van der Waals surface area (Å²) in [6.45, 7) is 0.789. The fourth-order valence-corrected chi connectivity index (χ4v) is 2.87. The highest BCUT2D eigenvalue weighted by Crippen LogP contribution is 2.31. The smallest absolute Gasteiger partial charge is 0.0724 e. The second-order valence-electron chi connectivity index (χ2n) is 5.02. The van der Waals surface area contributed by atoms with Gasteiger partial charge in [-0.2, -0.15) is 0 Å². The molecule has 3 nitrogen and oxygen atoms in total. The summed E-state index contributed by atoms with van der Waals surface area (Å²) in [5.74, 6) is 0. The van der Waals surface area contributed by atoms with Gasteiger partial charge >= 0.3 is 0 Å². The third kappa shape index (κ3) is 2.72. The van der Waals surface area contributed by atoms with Crippen molar-refractivity contribution in [2.45, 2.75) is 6.54 Å². The van der Waals surface area contributed by atoms with E-state index in [9.17, 15) is 0 Å². The van der Waals surface area contributed by atoms with Crippen LogP contribution >= 0.6 is 15.9 Å². The summed E-state index contributed by atoms with van der Waals surface area (Å²) in [7, 11) is 2.05. The topological polar surface area (TPSA) is 42.2 Å². The van der Waals surface area contributed by atoms with Gasteiger partial charge in [0.25, 0.3) is 0 Å². The Hall–Kier alpha value is -2.07. The molecule has 106 valence electrons. The van der Waals surface area contributed by atoms with Crippen LogP contribution in [-0.2, 0) is 6.54 Å². The van der Waals surface area contributed by atoms with E-state index in [2.05, 4.69) is 37.9 Å². The number of nitrogens with two attached hydrogens (primary N) is 1. The predicted molar refractivity (Wildman–Crippen MR) is 92.4 cm³/mol. The number of rotatable bonds is 3. The Balaban J connectivity index is 1.97. The van der Waals surface area contributed by atoms with Crippen LogP contribution < -0.4 is 10.6 Å². The average Bonchev–Trinajstić information content (AvgIpc) is 2.50. The standard InChI is InChI=1S/C17H16BrN3/c1-21(11-12-5-2-3-7-14(12)18)16-9-8-15-13(17(16)19)6-4-10-20-15/h2-10H,11,19H2,1H3. The zero-order valence-electron chi connectivity index (χ0n) is 11.8. The number of pyridine rings is 1. The van der Waals surface area contributed by atoms with Crippen LogP contribution in [0.2, 0.25) is 0 Å². The molecule has 1 aromatic heterocycles. The third-order valence-corrected chi connectivity index (χ3v) is 4.35. The maximum Gasteiger partial charge on any atom is 0.0724 e. The summed E-state index contributed by atoms with van der Waals surface area (Å²) >= 11 is 3.59. The molecule has 0 aliphatic rings. The molecule has 0 fully saturated rings. The molecule has 3 rings (SSSR count). The monoisotopic (exact) mass is 341 g/mol. The number of nitrogens with zero attached hydrogens (tertiary/aromatic N) is 2. The molecule has 0 atom stereocenters. The Labute approximate surface area is 132 Å². The Bertz CT molecular complexity index is 786. The average molecular weight is 342 g/mol. The van der Waals surface area contributed by atoms with E-state index in [0.29, 0.717) is 0 Å². The lowest BCUT2D eigenvalue weighted by Crippen LogP contribution is -2.18. The van der Waals surface area contributed by atoms with Crippen LogP contribution in [0.3, 0.4) is 0 Å². The lowest BCUT2D eigenvalue weighted by molar-refractivity contribution is 0.921. The van der Waals surface area contributed by atoms with Gasteiger partial charge in [0, 0.05) is 29.6 Å². The fraction of sp³-hybridized carbons (Fsp3) is 0.118. The first-order valence-corrected chi connectivity index (χ1v) is 7.54. The lowest BCUT2D eigenvalue weighted by atomic mass is 10.1. The molecule has 0 amide bonds. The maximum absolute atomic E-state index is 6.32. The number of fused-ring (bicyclic) bond motifs is 1. The molecular weight excluding hydrogens is 326 g/mol. The minimum absolute atomic E-state index is 0.773. The van der Waals surface area contributed by atoms with Crippen molar-refractivity contribution in [1.29, 1.82) is 0 Å². The first kappa shape index (κ1) is 13.9. The quantitative estimate of drug-likeness (QED) is 0.725. The molecule has 0 unspecified atom stereocenters. The van der Waals surface area contributed by atoms with Gasteiger partial charge in [-0.3, -0.25) is 4.98 Å². The van der Waals surface area contributed by atoms with Gasteiger partial charge in [-0.15, -0.1) is 0 Å². The summed E-state index contributed by atoms with van der Waals surface area (Å²) < 4.78 is 1.11. The van der Waals surface area contributed by atoms with Crippen LogP contribution in [0, 0.1) is 0 Å². The van der Waals surface area contributed by atoms with Crippen molar-refractivity contribution in [2.75, 3.05) is 17.7 Å². The summed E-state index contributed by atoms with van der Waals surface area (Å²) in [5.41, 5.74) is 10.3. The summed E-state index contributed by atoms with van der Waals surface area (Å²) in [6.07, 6.45) is 1.78. The molecule has 2 aromatic carbocycles. The number of halogens is 1. The lowest BCUT2D eigenvalue weighted by Gasteiger charge is -2.22. The van der Waals surface area contributed by atoms with Gasteiger partial charge in [0.2, 0.25) is 0 Å². The van der Waals surface area contributed by atoms with E-state index >= 15 is 0 Å². The van der Waals surface area contributed by atoms with Crippen molar-refractivity contribution in [1.82, 2.24) is 4.98 Å². The van der Waals surface area contributed by atoms with E-state index < -0.39 is 0 Å². The van der Waals surface area contributed by atoms with Crippen LogP contribution in [0.25, 0.3) is 10.9 Å². The molecular formula is C17H16BrN3. The molecule has 4 heteroatoms. The van der Waals surface area contributed by atoms with Crippen LogP contribution in [0.5, 0.6) is 0 Å².